The zero-order valence-corrected chi connectivity index (χ0v) is 10.2. The lowest BCUT2D eigenvalue weighted by Crippen LogP contribution is -2.36. The Morgan fingerprint density at radius 2 is 2.18 bits per heavy atom. The first-order valence-electron chi connectivity index (χ1n) is 6.26. The fourth-order valence-electron chi connectivity index (χ4n) is 2.20. The summed E-state index contributed by atoms with van der Waals surface area (Å²) in [5, 5.41) is 3.03. The second-order valence-corrected chi connectivity index (χ2v) is 4.81. The molecule has 92 valence electrons. The molecule has 0 atom stereocenters. The van der Waals surface area contributed by atoms with Gasteiger partial charge in [0, 0.05) is 12.1 Å². The van der Waals surface area contributed by atoms with E-state index in [1.165, 1.54) is 18.9 Å². The number of carbonyl (C=O) groups excluding carboxylic acids is 1. The summed E-state index contributed by atoms with van der Waals surface area (Å²) in [4.78, 5) is 11.6. The van der Waals surface area contributed by atoms with Crippen LogP contribution in [-0.4, -0.2) is 11.9 Å². The highest BCUT2D eigenvalue weighted by molar-refractivity contribution is 5.91. The van der Waals surface area contributed by atoms with Gasteiger partial charge in [0.15, 0.2) is 0 Å². The highest BCUT2D eigenvalue weighted by Crippen LogP contribution is 2.23. The summed E-state index contributed by atoms with van der Waals surface area (Å²) in [5.41, 5.74) is 0. The van der Waals surface area contributed by atoms with E-state index in [1.807, 2.05) is 6.07 Å². The van der Waals surface area contributed by atoms with Crippen LogP contribution in [0, 0.1) is 5.92 Å². The van der Waals surface area contributed by atoms with E-state index in [1.54, 1.807) is 18.4 Å². The van der Waals surface area contributed by atoms with Crippen LogP contribution in [0.2, 0.25) is 0 Å². The van der Waals surface area contributed by atoms with E-state index in [0.717, 1.165) is 18.8 Å². The summed E-state index contributed by atoms with van der Waals surface area (Å²) < 4.78 is 5.12. The largest absolute Gasteiger partial charge is 0.465 e. The average molecular weight is 233 g/mol. The summed E-state index contributed by atoms with van der Waals surface area (Å²) in [5.74, 6) is 1.49. The molecule has 1 aromatic rings. The molecule has 1 aliphatic rings. The van der Waals surface area contributed by atoms with Crippen molar-refractivity contribution in [1.29, 1.82) is 0 Å². The number of rotatable bonds is 3. The Hall–Kier alpha value is -1.51. The normalized spacial score (nSPS) is 25.0. The molecule has 0 aliphatic heterocycles. The minimum atomic E-state index is -0.0269. The summed E-state index contributed by atoms with van der Waals surface area (Å²) >= 11 is 0. The molecule has 17 heavy (non-hydrogen) atoms. The van der Waals surface area contributed by atoms with Crippen LogP contribution in [0.1, 0.15) is 38.4 Å². The highest BCUT2D eigenvalue weighted by Gasteiger charge is 2.18. The lowest BCUT2D eigenvalue weighted by molar-refractivity contribution is -0.117. The van der Waals surface area contributed by atoms with Crippen LogP contribution in [0.15, 0.2) is 28.9 Å². The van der Waals surface area contributed by atoms with Crippen LogP contribution in [0.5, 0.6) is 0 Å². The Kier molecular flexibility index (Phi) is 4.02. The Labute approximate surface area is 102 Å². The van der Waals surface area contributed by atoms with Gasteiger partial charge in [0.2, 0.25) is 5.91 Å². The molecule has 0 spiro atoms. The molecule has 1 aromatic heterocycles. The van der Waals surface area contributed by atoms with E-state index in [4.69, 9.17) is 4.42 Å². The van der Waals surface area contributed by atoms with Crippen molar-refractivity contribution < 1.29 is 9.21 Å². The van der Waals surface area contributed by atoms with E-state index in [0.29, 0.717) is 11.8 Å². The van der Waals surface area contributed by atoms with Crippen LogP contribution in [0.25, 0.3) is 6.08 Å². The summed E-state index contributed by atoms with van der Waals surface area (Å²) in [6, 6.07) is 3.98. The molecule has 0 radical (unpaired) electrons. The van der Waals surface area contributed by atoms with Gasteiger partial charge in [-0.2, -0.15) is 0 Å². The maximum absolute atomic E-state index is 11.6. The van der Waals surface area contributed by atoms with Gasteiger partial charge < -0.3 is 9.73 Å². The van der Waals surface area contributed by atoms with E-state index in [2.05, 4.69) is 12.2 Å². The first-order valence-corrected chi connectivity index (χ1v) is 6.26. The first kappa shape index (κ1) is 12.0. The number of carbonyl (C=O) groups is 1. The summed E-state index contributed by atoms with van der Waals surface area (Å²) in [6.45, 7) is 2.27. The lowest BCUT2D eigenvalue weighted by atomic mass is 9.87. The Bertz CT molecular complexity index is 373. The van der Waals surface area contributed by atoms with E-state index >= 15 is 0 Å². The fraction of sp³-hybridized carbons (Fsp3) is 0.500. The molecule has 1 aliphatic carbocycles. The van der Waals surface area contributed by atoms with Crippen molar-refractivity contribution in [2.24, 2.45) is 5.92 Å². The van der Waals surface area contributed by atoms with Gasteiger partial charge in [-0.15, -0.1) is 0 Å². The summed E-state index contributed by atoms with van der Waals surface area (Å²) in [6.07, 6.45) is 9.46. The van der Waals surface area contributed by atoms with Gasteiger partial charge >= 0.3 is 0 Å². The number of hydrogen-bond donors (Lipinski definition) is 1. The third-order valence-electron chi connectivity index (χ3n) is 3.30. The van der Waals surface area contributed by atoms with Gasteiger partial charge in [-0.1, -0.05) is 6.92 Å². The van der Waals surface area contributed by atoms with E-state index in [-0.39, 0.29) is 5.91 Å². The number of hydrogen-bond acceptors (Lipinski definition) is 2. The van der Waals surface area contributed by atoms with Crippen molar-refractivity contribution in [1.82, 2.24) is 5.32 Å². The molecule has 0 unspecified atom stereocenters. The zero-order chi connectivity index (χ0) is 12.1. The molecule has 3 nitrogen and oxygen atoms in total. The second kappa shape index (κ2) is 5.71. The third kappa shape index (κ3) is 3.77. The third-order valence-corrected chi connectivity index (χ3v) is 3.30. The van der Waals surface area contributed by atoms with Gasteiger partial charge in [0.25, 0.3) is 0 Å². The van der Waals surface area contributed by atoms with Crippen LogP contribution >= 0.6 is 0 Å². The van der Waals surface area contributed by atoms with Crippen molar-refractivity contribution in [2.75, 3.05) is 0 Å². The lowest BCUT2D eigenvalue weighted by Gasteiger charge is -2.26. The average Bonchev–Trinajstić information content (AvgIpc) is 2.83. The molecule has 1 amide bonds. The molecule has 1 N–H and O–H groups in total. The SMILES string of the molecule is CC1CCC(NC(=O)/C=C/c2ccco2)CC1. The Balaban J connectivity index is 1.77. The smallest absolute Gasteiger partial charge is 0.244 e. The maximum atomic E-state index is 11.6. The van der Waals surface area contributed by atoms with Crippen molar-refractivity contribution in [2.45, 2.75) is 38.6 Å². The minimum absolute atomic E-state index is 0.0269. The van der Waals surface area contributed by atoms with Crippen molar-refractivity contribution >= 4 is 12.0 Å². The van der Waals surface area contributed by atoms with Crippen LogP contribution in [0.4, 0.5) is 0 Å². The monoisotopic (exact) mass is 233 g/mol. The Morgan fingerprint density at radius 3 is 2.82 bits per heavy atom. The number of amides is 1. The molecular formula is C14H19NO2. The number of nitrogens with one attached hydrogen (secondary N) is 1. The van der Waals surface area contributed by atoms with Crippen molar-refractivity contribution in [3.05, 3.63) is 30.2 Å². The predicted octanol–water partition coefficient (Wildman–Crippen LogP) is 2.99. The molecule has 3 heteroatoms. The molecule has 2 rings (SSSR count). The Morgan fingerprint density at radius 1 is 1.41 bits per heavy atom. The van der Waals surface area contributed by atoms with Gasteiger partial charge in [-0.3, -0.25) is 4.79 Å². The highest BCUT2D eigenvalue weighted by atomic mass is 16.3. The standard InChI is InChI=1S/C14H19NO2/c1-11-4-6-12(7-5-11)15-14(16)9-8-13-3-2-10-17-13/h2-3,8-12H,4-7H2,1H3,(H,15,16)/b9-8+. The zero-order valence-electron chi connectivity index (χ0n) is 10.2. The minimum Gasteiger partial charge on any atom is -0.465 e. The maximum Gasteiger partial charge on any atom is 0.244 e. The molecule has 0 aromatic carbocycles. The van der Waals surface area contributed by atoms with Crippen molar-refractivity contribution in [3.8, 4) is 0 Å². The number of furan rings is 1. The van der Waals surface area contributed by atoms with E-state index < -0.39 is 0 Å². The first-order chi connectivity index (χ1) is 8.24. The van der Waals surface area contributed by atoms with Gasteiger partial charge in [-0.05, 0) is 49.8 Å². The second-order valence-electron chi connectivity index (χ2n) is 4.81. The fourth-order valence-corrected chi connectivity index (χ4v) is 2.20. The quantitative estimate of drug-likeness (QED) is 0.815. The topological polar surface area (TPSA) is 42.2 Å². The van der Waals surface area contributed by atoms with Gasteiger partial charge in [-0.25, -0.2) is 0 Å². The molecule has 0 bridgehead atoms. The van der Waals surface area contributed by atoms with E-state index in [9.17, 15) is 4.79 Å². The van der Waals surface area contributed by atoms with Crippen LogP contribution in [-0.2, 0) is 4.79 Å². The molecule has 1 heterocycles. The predicted molar refractivity (Wildman–Crippen MR) is 67.3 cm³/mol. The van der Waals surface area contributed by atoms with Crippen LogP contribution < -0.4 is 5.32 Å². The van der Waals surface area contributed by atoms with Gasteiger partial charge in [0.1, 0.15) is 5.76 Å². The van der Waals surface area contributed by atoms with Gasteiger partial charge in [0.05, 0.1) is 6.26 Å². The molecular weight excluding hydrogens is 214 g/mol. The van der Waals surface area contributed by atoms with Crippen molar-refractivity contribution in [3.63, 3.8) is 0 Å². The molecule has 0 saturated heterocycles. The van der Waals surface area contributed by atoms with Crippen LogP contribution in [0.3, 0.4) is 0 Å². The summed E-state index contributed by atoms with van der Waals surface area (Å²) in [7, 11) is 0. The molecule has 1 saturated carbocycles. The molecule has 1 fully saturated rings.